The van der Waals surface area contributed by atoms with Gasteiger partial charge in [0.05, 0.1) is 6.04 Å². The van der Waals surface area contributed by atoms with Gasteiger partial charge in [0.1, 0.15) is 18.2 Å². The molecule has 148 valence electrons. The van der Waals surface area contributed by atoms with Crippen LogP contribution in [0.2, 0.25) is 0 Å². The smallest absolute Gasteiger partial charge is 0.315 e. The number of hydrogen-bond acceptors (Lipinski definition) is 4. The largest absolute Gasteiger partial charge is 0.491 e. The summed E-state index contributed by atoms with van der Waals surface area (Å²) in [6.07, 6.45) is 0. The van der Waals surface area contributed by atoms with Crippen molar-refractivity contribution in [2.45, 2.75) is 6.04 Å². The normalized spacial score (nSPS) is 19.0. The van der Waals surface area contributed by atoms with Crippen molar-refractivity contribution in [3.8, 4) is 5.75 Å². The number of ether oxygens (including phenoxy) is 1. The fraction of sp³-hybridized carbons (Fsp3) is 0.381. The zero-order chi connectivity index (χ0) is 19.3. The Labute approximate surface area is 164 Å². The lowest BCUT2D eigenvalue weighted by atomic mass is 10.1. The molecule has 28 heavy (non-hydrogen) atoms. The lowest BCUT2D eigenvalue weighted by molar-refractivity contribution is 0.225. The summed E-state index contributed by atoms with van der Waals surface area (Å²) in [4.78, 5) is 16.8. The Bertz CT molecular complexity index is 806. The molecule has 0 aliphatic carbocycles. The predicted molar refractivity (Wildman–Crippen MR) is 106 cm³/mol. The SMILES string of the molecule is O=C(NCCN1CCN(c2ccc(F)cc2)CC1)NC1COc2ccccc21. The van der Waals surface area contributed by atoms with Gasteiger partial charge in [-0.15, -0.1) is 0 Å². The van der Waals surface area contributed by atoms with Gasteiger partial charge in [0, 0.05) is 50.5 Å². The zero-order valence-corrected chi connectivity index (χ0v) is 15.7. The molecule has 2 aromatic rings. The number of carbonyl (C=O) groups is 1. The van der Waals surface area contributed by atoms with E-state index in [1.165, 1.54) is 12.1 Å². The van der Waals surface area contributed by atoms with E-state index in [4.69, 9.17) is 4.74 Å². The molecule has 7 heteroatoms. The number of carbonyl (C=O) groups excluding carboxylic acids is 1. The lowest BCUT2D eigenvalue weighted by Crippen LogP contribution is -2.49. The Morgan fingerprint density at radius 3 is 2.61 bits per heavy atom. The average molecular weight is 384 g/mol. The fourth-order valence-electron chi connectivity index (χ4n) is 3.70. The van der Waals surface area contributed by atoms with E-state index in [2.05, 4.69) is 20.4 Å². The highest BCUT2D eigenvalue weighted by molar-refractivity contribution is 5.74. The van der Waals surface area contributed by atoms with Gasteiger partial charge >= 0.3 is 6.03 Å². The molecule has 0 aromatic heterocycles. The van der Waals surface area contributed by atoms with E-state index in [9.17, 15) is 9.18 Å². The van der Waals surface area contributed by atoms with E-state index >= 15 is 0 Å². The molecule has 2 N–H and O–H groups in total. The molecule has 2 aliphatic rings. The standard InChI is InChI=1S/C21H25FN4O2/c22-16-5-7-17(8-6-16)26-13-11-25(12-14-26)10-9-23-21(27)24-19-15-28-20-4-2-1-3-18(19)20/h1-8,19H,9-15H2,(H2,23,24,27). The zero-order valence-electron chi connectivity index (χ0n) is 15.7. The maximum absolute atomic E-state index is 13.0. The summed E-state index contributed by atoms with van der Waals surface area (Å²) in [5.41, 5.74) is 2.08. The van der Waals surface area contributed by atoms with Gasteiger partial charge in [0.2, 0.25) is 0 Å². The molecule has 1 atom stereocenters. The summed E-state index contributed by atoms with van der Waals surface area (Å²) in [5.74, 6) is 0.631. The molecule has 2 amide bonds. The third-order valence-corrected chi connectivity index (χ3v) is 5.28. The number of para-hydroxylation sites is 1. The second-order valence-electron chi connectivity index (χ2n) is 7.11. The highest BCUT2D eigenvalue weighted by Crippen LogP contribution is 2.31. The summed E-state index contributed by atoms with van der Waals surface area (Å²) in [7, 11) is 0. The summed E-state index contributed by atoms with van der Waals surface area (Å²) in [6.45, 7) is 5.51. The van der Waals surface area contributed by atoms with Crippen LogP contribution in [0.15, 0.2) is 48.5 Å². The summed E-state index contributed by atoms with van der Waals surface area (Å²) < 4.78 is 18.6. The number of nitrogens with one attached hydrogen (secondary N) is 2. The van der Waals surface area contributed by atoms with Crippen LogP contribution in [0.25, 0.3) is 0 Å². The first kappa shape index (κ1) is 18.6. The molecule has 0 bridgehead atoms. The number of fused-ring (bicyclic) bond motifs is 1. The number of piperazine rings is 1. The number of hydrogen-bond donors (Lipinski definition) is 2. The molecule has 0 radical (unpaired) electrons. The van der Waals surface area contributed by atoms with E-state index in [1.807, 2.05) is 36.4 Å². The maximum atomic E-state index is 13.0. The van der Waals surface area contributed by atoms with Crippen LogP contribution in [-0.2, 0) is 0 Å². The maximum Gasteiger partial charge on any atom is 0.315 e. The first-order valence-electron chi connectivity index (χ1n) is 9.68. The van der Waals surface area contributed by atoms with Gasteiger partial charge in [-0.2, -0.15) is 0 Å². The van der Waals surface area contributed by atoms with Crippen molar-refractivity contribution in [2.75, 3.05) is 50.8 Å². The molecule has 1 unspecified atom stereocenters. The van der Waals surface area contributed by atoms with Gasteiger partial charge in [0.15, 0.2) is 0 Å². The molecule has 4 rings (SSSR count). The number of halogens is 1. The van der Waals surface area contributed by atoms with E-state index in [0.29, 0.717) is 13.2 Å². The van der Waals surface area contributed by atoms with Gasteiger partial charge in [-0.25, -0.2) is 9.18 Å². The third-order valence-electron chi connectivity index (χ3n) is 5.28. The number of nitrogens with zero attached hydrogens (tertiary/aromatic N) is 2. The second-order valence-corrected chi connectivity index (χ2v) is 7.11. The number of anilines is 1. The molecule has 2 aliphatic heterocycles. The van der Waals surface area contributed by atoms with E-state index in [-0.39, 0.29) is 17.9 Å². The van der Waals surface area contributed by atoms with Crippen molar-refractivity contribution in [1.29, 1.82) is 0 Å². The van der Waals surface area contributed by atoms with Gasteiger partial charge < -0.3 is 20.3 Å². The molecule has 1 saturated heterocycles. The van der Waals surface area contributed by atoms with Crippen LogP contribution in [0.5, 0.6) is 5.75 Å². The lowest BCUT2D eigenvalue weighted by Gasteiger charge is -2.36. The molecule has 2 heterocycles. The monoisotopic (exact) mass is 384 g/mol. The van der Waals surface area contributed by atoms with Gasteiger partial charge in [0.25, 0.3) is 0 Å². The first-order valence-corrected chi connectivity index (χ1v) is 9.68. The van der Waals surface area contributed by atoms with Crippen molar-refractivity contribution in [3.63, 3.8) is 0 Å². The quantitative estimate of drug-likeness (QED) is 0.831. The fourth-order valence-corrected chi connectivity index (χ4v) is 3.70. The Balaban J connectivity index is 1.16. The van der Waals surface area contributed by atoms with Gasteiger partial charge in [-0.05, 0) is 30.3 Å². The Hall–Kier alpha value is -2.80. The van der Waals surface area contributed by atoms with Gasteiger partial charge in [-0.3, -0.25) is 4.90 Å². The molecule has 0 saturated carbocycles. The summed E-state index contributed by atoms with van der Waals surface area (Å²) >= 11 is 0. The first-order chi connectivity index (χ1) is 13.7. The van der Waals surface area contributed by atoms with Crippen LogP contribution < -0.4 is 20.3 Å². The highest BCUT2D eigenvalue weighted by atomic mass is 19.1. The number of benzene rings is 2. The van der Waals surface area contributed by atoms with Crippen LogP contribution in [0.4, 0.5) is 14.9 Å². The van der Waals surface area contributed by atoms with Crippen molar-refractivity contribution in [2.24, 2.45) is 0 Å². The predicted octanol–water partition coefficient (Wildman–Crippen LogP) is 2.38. The van der Waals surface area contributed by atoms with Crippen LogP contribution in [-0.4, -0.2) is 56.8 Å². The Kier molecular flexibility index (Phi) is 5.62. The Morgan fingerprint density at radius 2 is 1.82 bits per heavy atom. The second kappa shape index (κ2) is 8.48. The number of rotatable bonds is 5. The van der Waals surface area contributed by atoms with E-state index in [1.54, 1.807) is 0 Å². The summed E-state index contributed by atoms with van der Waals surface area (Å²) in [6, 6.07) is 14.1. The van der Waals surface area contributed by atoms with E-state index < -0.39 is 0 Å². The molecule has 2 aromatic carbocycles. The molecule has 1 fully saturated rings. The van der Waals surface area contributed by atoms with Gasteiger partial charge in [-0.1, -0.05) is 18.2 Å². The molecule has 0 spiro atoms. The Morgan fingerprint density at radius 1 is 1.07 bits per heavy atom. The third kappa shape index (κ3) is 4.36. The van der Waals surface area contributed by atoms with Crippen LogP contribution in [0.3, 0.4) is 0 Å². The van der Waals surface area contributed by atoms with Crippen molar-refractivity contribution < 1.29 is 13.9 Å². The van der Waals surface area contributed by atoms with Crippen molar-refractivity contribution in [3.05, 3.63) is 59.9 Å². The minimum absolute atomic E-state index is 0.101. The van der Waals surface area contributed by atoms with Crippen LogP contribution in [0.1, 0.15) is 11.6 Å². The minimum Gasteiger partial charge on any atom is -0.491 e. The van der Waals surface area contributed by atoms with Crippen molar-refractivity contribution >= 4 is 11.7 Å². The number of urea groups is 1. The average Bonchev–Trinajstić information content (AvgIpc) is 3.12. The highest BCUT2D eigenvalue weighted by Gasteiger charge is 2.25. The topological polar surface area (TPSA) is 56.8 Å². The number of amides is 2. The van der Waals surface area contributed by atoms with Crippen LogP contribution in [0, 0.1) is 5.82 Å². The van der Waals surface area contributed by atoms with Crippen molar-refractivity contribution in [1.82, 2.24) is 15.5 Å². The molecule has 6 nitrogen and oxygen atoms in total. The van der Waals surface area contributed by atoms with E-state index in [0.717, 1.165) is 49.7 Å². The molecular weight excluding hydrogens is 359 g/mol. The molecular formula is C21H25FN4O2. The minimum atomic E-state index is -0.209. The summed E-state index contributed by atoms with van der Waals surface area (Å²) in [5, 5.41) is 5.91. The van der Waals surface area contributed by atoms with Crippen LogP contribution >= 0.6 is 0 Å².